The number of hydrogen-bond donors (Lipinski definition) is 2. The van der Waals surface area contributed by atoms with Crippen LogP contribution in [0.3, 0.4) is 0 Å². The number of anilines is 1. The van der Waals surface area contributed by atoms with Crippen molar-refractivity contribution in [2.75, 3.05) is 12.3 Å². The number of hydrogen-bond acceptors (Lipinski definition) is 7. The molecule has 0 amide bonds. The van der Waals surface area contributed by atoms with E-state index in [-0.39, 0.29) is 17.9 Å². The van der Waals surface area contributed by atoms with Crippen molar-refractivity contribution in [1.82, 2.24) is 5.16 Å². The summed E-state index contributed by atoms with van der Waals surface area (Å²) < 4.78 is 34.8. The minimum absolute atomic E-state index is 0.254. The van der Waals surface area contributed by atoms with Crippen LogP contribution >= 0.6 is 11.3 Å². The fourth-order valence-electron chi connectivity index (χ4n) is 3.36. The van der Waals surface area contributed by atoms with Gasteiger partial charge in [0, 0.05) is 16.8 Å². The van der Waals surface area contributed by atoms with Crippen molar-refractivity contribution < 1.29 is 22.8 Å². The Morgan fingerprint density at radius 3 is 2.70 bits per heavy atom. The molecule has 0 spiro atoms. The molecule has 9 heteroatoms. The molecule has 0 fully saturated rings. The molecule has 0 radical (unpaired) electrons. The number of halogens is 2. The Morgan fingerprint density at radius 1 is 1.52 bits per heavy atom. The number of nitrogen functional groups attached to an aromatic ring is 1. The maximum absolute atomic E-state index is 13.3. The minimum Gasteiger partial charge on any atom is -0.399 e. The van der Waals surface area contributed by atoms with Crippen molar-refractivity contribution in [3.8, 4) is 0 Å². The highest BCUT2D eigenvalue weighted by Gasteiger charge is 2.48. The Bertz CT molecular complexity index is 847. The van der Waals surface area contributed by atoms with Crippen LogP contribution < -0.4 is 11.5 Å². The number of nitrogens with zero attached hydrogens (tertiary/aromatic N) is 1. The second-order valence-corrected chi connectivity index (χ2v) is 7.02. The average Bonchev–Trinajstić information content (AvgIpc) is 3.20. The monoisotopic (exact) mass is 399 g/mol. The van der Waals surface area contributed by atoms with Crippen molar-refractivity contribution in [2.45, 2.75) is 45.6 Å². The highest BCUT2D eigenvalue weighted by molar-refractivity contribution is 7.18. The zero-order valence-electron chi connectivity index (χ0n) is 15.5. The van der Waals surface area contributed by atoms with Gasteiger partial charge in [0.1, 0.15) is 6.26 Å². The fourth-order valence-corrected chi connectivity index (χ4v) is 4.55. The van der Waals surface area contributed by atoms with E-state index >= 15 is 0 Å². The smallest absolute Gasteiger partial charge is 0.345 e. The predicted molar refractivity (Wildman–Crippen MR) is 101 cm³/mol. The number of Topliss-reactive ketones (excluding diaryl/α,β-unsaturated/α-hetero) is 1. The van der Waals surface area contributed by atoms with Crippen LogP contribution in [0.15, 0.2) is 17.4 Å². The molecule has 27 heavy (non-hydrogen) atoms. The Kier molecular flexibility index (Phi) is 6.38. The predicted octanol–water partition coefficient (Wildman–Crippen LogP) is 3.89. The highest BCUT2D eigenvalue weighted by Crippen LogP contribution is 2.46. The summed E-state index contributed by atoms with van der Waals surface area (Å²) in [4.78, 5) is 13.7. The van der Waals surface area contributed by atoms with E-state index in [4.69, 9.17) is 16.0 Å². The summed E-state index contributed by atoms with van der Waals surface area (Å²) in [5.41, 5.74) is 12.9. The first-order chi connectivity index (χ1) is 12.8. The van der Waals surface area contributed by atoms with Crippen molar-refractivity contribution in [2.24, 2.45) is 5.73 Å². The first-order valence-corrected chi connectivity index (χ1v) is 9.31. The van der Waals surface area contributed by atoms with Crippen LogP contribution in [0.5, 0.6) is 0 Å². The lowest BCUT2D eigenvalue weighted by molar-refractivity contribution is -0.139. The number of thiophene rings is 1. The zero-order chi connectivity index (χ0) is 20.4. The molecule has 0 aliphatic heterocycles. The molecule has 2 aromatic heterocycles. The third kappa shape index (κ3) is 3.61. The topological polar surface area (TPSA) is 104 Å². The van der Waals surface area contributed by atoms with Gasteiger partial charge in [-0.15, -0.1) is 11.3 Å². The zero-order valence-corrected chi connectivity index (χ0v) is 16.3. The Hall–Kier alpha value is -2.26. The Labute approximate surface area is 160 Å². The molecule has 0 saturated heterocycles. The maximum atomic E-state index is 13.3. The number of carbonyl (C=O) groups excluding carboxylic acids is 1. The standard InChI is InChI=1S/C16H17F2N3O3S.C2H6/c1-7(19)11-9-3-4-16(6-23-15(17)18,10-5-24-21-8(10)2)13(22)12(9)25-14(11)20;1-2/h5,15H,1,3-4,6,19-20H2,2H3;1-2H3. The van der Waals surface area contributed by atoms with E-state index in [0.29, 0.717) is 38.7 Å². The van der Waals surface area contributed by atoms with Crippen molar-refractivity contribution in [1.29, 1.82) is 0 Å². The first-order valence-electron chi connectivity index (χ1n) is 8.50. The van der Waals surface area contributed by atoms with Crippen LogP contribution in [0.4, 0.5) is 13.8 Å². The number of rotatable bonds is 5. The number of aromatic nitrogens is 1. The van der Waals surface area contributed by atoms with Crippen LogP contribution in [0.25, 0.3) is 5.70 Å². The summed E-state index contributed by atoms with van der Waals surface area (Å²) >= 11 is 1.09. The summed E-state index contributed by atoms with van der Waals surface area (Å²) in [6.07, 6.45) is 1.99. The Balaban J connectivity index is 0.00000126. The fraction of sp³-hybridized carbons (Fsp3) is 0.444. The number of nitrogens with two attached hydrogens (primary N) is 2. The molecule has 2 aromatic rings. The summed E-state index contributed by atoms with van der Waals surface area (Å²) in [5.74, 6) is -0.343. The van der Waals surface area contributed by atoms with E-state index in [0.717, 1.165) is 11.3 Å². The lowest BCUT2D eigenvalue weighted by atomic mass is 9.69. The molecule has 1 atom stereocenters. The third-order valence-electron chi connectivity index (χ3n) is 4.52. The molecule has 1 unspecified atom stereocenters. The molecule has 0 saturated carbocycles. The van der Waals surface area contributed by atoms with Gasteiger partial charge in [-0.05, 0) is 25.3 Å². The molecular weight excluding hydrogens is 376 g/mol. The second-order valence-electron chi connectivity index (χ2n) is 5.97. The van der Waals surface area contributed by atoms with Gasteiger partial charge in [0.05, 0.1) is 27.6 Å². The van der Waals surface area contributed by atoms with E-state index in [1.54, 1.807) is 6.92 Å². The lowest BCUT2D eigenvalue weighted by Gasteiger charge is -2.34. The van der Waals surface area contributed by atoms with E-state index < -0.39 is 18.6 Å². The van der Waals surface area contributed by atoms with E-state index in [1.807, 2.05) is 13.8 Å². The van der Waals surface area contributed by atoms with Gasteiger partial charge in [0.25, 0.3) is 0 Å². The van der Waals surface area contributed by atoms with Crippen molar-refractivity contribution in [3.05, 3.63) is 40.1 Å². The molecule has 6 nitrogen and oxygen atoms in total. The quantitative estimate of drug-likeness (QED) is 0.790. The van der Waals surface area contributed by atoms with Gasteiger partial charge in [0.2, 0.25) is 0 Å². The van der Waals surface area contributed by atoms with Gasteiger partial charge in [-0.1, -0.05) is 25.6 Å². The number of aryl methyl sites for hydroxylation is 1. The van der Waals surface area contributed by atoms with Crippen LogP contribution in [0.1, 0.15) is 52.3 Å². The normalized spacial score (nSPS) is 18.8. The second kappa shape index (κ2) is 8.18. The molecule has 148 valence electrons. The summed E-state index contributed by atoms with van der Waals surface area (Å²) in [6.45, 7) is 5.89. The molecule has 3 rings (SSSR count). The van der Waals surface area contributed by atoms with Crippen LogP contribution in [-0.4, -0.2) is 24.2 Å². The average molecular weight is 399 g/mol. The van der Waals surface area contributed by atoms with E-state index in [9.17, 15) is 13.6 Å². The van der Waals surface area contributed by atoms with Gasteiger partial charge in [-0.3, -0.25) is 4.79 Å². The molecule has 0 aromatic carbocycles. The first kappa shape index (κ1) is 21.0. The van der Waals surface area contributed by atoms with Crippen LogP contribution in [0, 0.1) is 6.92 Å². The molecule has 1 aliphatic rings. The maximum Gasteiger partial charge on any atom is 0.345 e. The summed E-state index contributed by atoms with van der Waals surface area (Å²) in [5, 5.41) is 4.17. The van der Waals surface area contributed by atoms with Crippen molar-refractivity contribution in [3.63, 3.8) is 0 Å². The summed E-state index contributed by atoms with van der Waals surface area (Å²) in [6, 6.07) is 0. The van der Waals surface area contributed by atoms with E-state index in [1.165, 1.54) is 6.26 Å². The SMILES string of the molecule is C=C(N)c1c(N)sc2c1CCC(COC(F)F)(c1conc1C)C2=O.CC. The number of carbonyl (C=O) groups is 1. The van der Waals surface area contributed by atoms with Gasteiger partial charge in [0.15, 0.2) is 5.78 Å². The lowest BCUT2D eigenvalue weighted by Crippen LogP contribution is -2.44. The van der Waals surface area contributed by atoms with Crippen molar-refractivity contribution >= 4 is 27.8 Å². The van der Waals surface area contributed by atoms with Crippen LogP contribution in [0.2, 0.25) is 0 Å². The van der Waals surface area contributed by atoms with Gasteiger partial charge < -0.3 is 20.7 Å². The number of alkyl halides is 2. The minimum atomic E-state index is -2.99. The molecule has 0 bridgehead atoms. The van der Waals surface area contributed by atoms with Gasteiger partial charge >= 0.3 is 6.61 Å². The Morgan fingerprint density at radius 2 is 2.19 bits per heavy atom. The molecular formula is C18H23F2N3O3S. The molecule has 2 heterocycles. The number of fused-ring (bicyclic) bond motifs is 1. The third-order valence-corrected chi connectivity index (χ3v) is 5.58. The molecule has 1 aliphatic carbocycles. The number of ketones is 1. The highest BCUT2D eigenvalue weighted by atomic mass is 32.1. The van der Waals surface area contributed by atoms with Crippen LogP contribution in [-0.2, 0) is 16.6 Å². The largest absolute Gasteiger partial charge is 0.399 e. The summed E-state index contributed by atoms with van der Waals surface area (Å²) in [7, 11) is 0. The molecule has 4 N–H and O–H groups in total. The van der Waals surface area contributed by atoms with Gasteiger partial charge in [-0.25, -0.2) is 0 Å². The van der Waals surface area contributed by atoms with E-state index in [2.05, 4.69) is 16.5 Å². The van der Waals surface area contributed by atoms with Gasteiger partial charge in [-0.2, -0.15) is 8.78 Å². The number of ether oxygens (including phenoxy) is 1.